The van der Waals surface area contributed by atoms with Crippen LogP contribution in [0.15, 0.2) is 0 Å². The number of hydrogen-bond donors (Lipinski definition) is 2. The van der Waals surface area contributed by atoms with E-state index in [1.165, 1.54) is 0 Å². The first kappa shape index (κ1) is 23.9. The summed E-state index contributed by atoms with van der Waals surface area (Å²) < 4.78 is 15.6. The monoisotopic (exact) mass is 427 g/mol. The maximum atomic E-state index is 6.46. The molecule has 3 saturated heterocycles. The van der Waals surface area contributed by atoms with Gasteiger partial charge in [0, 0.05) is 39.7 Å². The molecule has 0 radical (unpaired) electrons. The quantitative estimate of drug-likeness (QED) is 0.606. The fourth-order valence-corrected chi connectivity index (χ4v) is 8.27. The Bertz CT molecular complexity index is 523. The summed E-state index contributed by atoms with van der Waals surface area (Å²) in [5, 5.41) is 7.71. The summed E-state index contributed by atoms with van der Waals surface area (Å²) in [7, 11) is -1.03. The normalized spacial score (nSPS) is 32.4. The van der Waals surface area contributed by atoms with Crippen molar-refractivity contribution in [1.29, 1.82) is 0 Å². The number of piperidine rings is 2. The van der Waals surface area contributed by atoms with E-state index < -0.39 is 8.53 Å². The maximum Gasteiger partial charge on any atom is 0.259 e. The van der Waals surface area contributed by atoms with Gasteiger partial charge in [0.1, 0.15) is 0 Å². The highest BCUT2D eigenvalue weighted by Gasteiger charge is 2.50. The molecule has 3 fully saturated rings. The van der Waals surface area contributed by atoms with Crippen molar-refractivity contribution in [2.24, 2.45) is 5.41 Å². The summed E-state index contributed by atoms with van der Waals surface area (Å²) >= 11 is 0. The van der Waals surface area contributed by atoms with Gasteiger partial charge in [0.2, 0.25) is 0 Å². The molecule has 3 heterocycles. The molecule has 0 saturated carbocycles. The molecule has 3 aliphatic rings. The van der Waals surface area contributed by atoms with Gasteiger partial charge >= 0.3 is 0 Å². The molecule has 0 bridgehead atoms. The summed E-state index contributed by atoms with van der Waals surface area (Å²) in [4.78, 5) is 0. The highest BCUT2D eigenvalue weighted by molar-refractivity contribution is 7.44. The predicted molar refractivity (Wildman–Crippen MR) is 123 cm³/mol. The average Bonchev–Trinajstić information content (AvgIpc) is 2.42. The molecule has 6 heteroatoms. The van der Waals surface area contributed by atoms with E-state index in [-0.39, 0.29) is 27.6 Å². The van der Waals surface area contributed by atoms with Gasteiger partial charge in [0.25, 0.3) is 8.53 Å². The van der Waals surface area contributed by atoms with Crippen molar-refractivity contribution in [3.8, 4) is 0 Å². The molecule has 0 aliphatic carbocycles. The standard InChI is InChI=1S/C23H46N3O2P/c1-19(2)15-27-29(28-16-19)26(17-11-20(3,4)24-21(5,6)12-17)18-13-22(7,8)25-23(9,10)14-18/h17-18,24-25H,11-16H2,1-10H3. The minimum atomic E-state index is -1.03. The van der Waals surface area contributed by atoms with Crippen LogP contribution in [0, 0.1) is 5.41 Å². The van der Waals surface area contributed by atoms with E-state index in [9.17, 15) is 0 Å². The summed E-state index contributed by atoms with van der Waals surface area (Å²) in [5.74, 6) is 0. The average molecular weight is 428 g/mol. The van der Waals surface area contributed by atoms with E-state index in [2.05, 4.69) is 84.5 Å². The SMILES string of the molecule is CC1(C)COP(N(C2CC(C)(C)NC(C)(C)C2)C2CC(C)(C)NC(C)(C)C2)OC1. The Kier molecular flexibility index (Phi) is 6.32. The van der Waals surface area contributed by atoms with Crippen LogP contribution in [0.25, 0.3) is 0 Å². The van der Waals surface area contributed by atoms with Crippen LogP contribution in [0.1, 0.15) is 94.9 Å². The van der Waals surface area contributed by atoms with Crippen molar-refractivity contribution in [2.45, 2.75) is 129 Å². The number of hydrogen-bond acceptors (Lipinski definition) is 5. The Balaban J connectivity index is 1.92. The summed E-state index contributed by atoms with van der Waals surface area (Å²) in [6.45, 7) is 24.8. The van der Waals surface area contributed by atoms with Gasteiger partial charge < -0.3 is 19.7 Å². The van der Waals surface area contributed by atoms with Crippen molar-refractivity contribution >= 4 is 8.53 Å². The topological polar surface area (TPSA) is 45.8 Å². The Morgan fingerprint density at radius 1 is 0.621 bits per heavy atom. The van der Waals surface area contributed by atoms with E-state index in [4.69, 9.17) is 9.05 Å². The number of rotatable bonds is 3. The molecule has 3 aliphatic heterocycles. The first-order valence-electron chi connectivity index (χ1n) is 11.4. The lowest BCUT2D eigenvalue weighted by atomic mass is 9.76. The molecule has 0 spiro atoms. The van der Waals surface area contributed by atoms with E-state index in [0.29, 0.717) is 12.1 Å². The Hall–Kier alpha value is 0.230. The summed E-state index contributed by atoms with van der Waals surface area (Å²) in [6.07, 6.45) is 4.48. The van der Waals surface area contributed by atoms with Gasteiger partial charge in [0.05, 0.1) is 13.2 Å². The van der Waals surface area contributed by atoms with E-state index in [1.54, 1.807) is 0 Å². The minimum absolute atomic E-state index is 0.101. The highest BCUT2D eigenvalue weighted by atomic mass is 31.2. The van der Waals surface area contributed by atoms with E-state index >= 15 is 0 Å². The van der Waals surface area contributed by atoms with Crippen molar-refractivity contribution < 1.29 is 9.05 Å². The first-order valence-corrected chi connectivity index (χ1v) is 12.5. The predicted octanol–water partition coefficient (Wildman–Crippen LogP) is 5.21. The fraction of sp³-hybridized carbons (Fsp3) is 1.00. The van der Waals surface area contributed by atoms with Crippen LogP contribution >= 0.6 is 8.53 Å². The Morgan fingerprint density at radius 2 is 0.931 bits per heavy atom. The second-order valence-corrected chi connectivity index (χ2v) is 14.7. The van der Waals surface area contributed by atoms with Crippen molar-refractivity contribution in [3.63, 3.8) is 0 Å². The van der Waals surface area contributed by atoms with Crippen molar-refractivity contribution in [3.05, 3.63) is 0 Å². The van der Waals surface area contributed by atoms with Crippen molar-refractivity contribution in [1.82, 2.24) is 15.3 Å². The Labute approximate surface area is 181 Å². The molecule has 0 amide bonds. The zero-order valence-electron chi connectivity index (χ0n) is 20.6. The molecule has 0 aromatic carbocycles. The van der Waals surface area contributed by atoms with Gasteiger partial charge in [-0.25, -0.2) is 4.67 Å². The zero-order valence-corrected chi connectivity index (χ0v) is 21.5. The Morgan fingerprint density at radius 3 is 1.24 bits per heavy atom. The van der Waals surface area contributed by atoms with Gasteiger partial charge in [-0.2, -0.15) is 0 Å². The van der Waals surface area contributed by atoms with Crippen LogP contribution in [0.5, 0.6) is 0 Å². The number of nitrogens with one attached hydrogen (secondary N) is 2. The third kappa shape index (κ3) is 6.14. The van der Waals surface area contributed by atoms with Gasteiger partial charge in [-0.1, -0.05) is 13.8 Å². The van der Waals surface area contributed by atoms with Crippen LogP contribution in [0.3, 0.4) is 0 Å². The van der Waals surface area contributed by atoms with E-state index in [0.717, 1.165) is 38.9 Å². The van der Waals surface area contributed by atoms with Crippen LogP contribution in [-0.4, -0.2) is 52.1 Å². The van der Waals surface area contributed by atoms with Crippen molar-refractivity contribution in [2.75, 3.05) is 13.2 Å². The third-order valence-corrected chi connectivity index (χ3v) is 8.14. The molecule has 5 nitrogen and oxygen atoms in total. The molecule has 3 rings (SSSR count). The second-order valence-electron chi connectivity index (χ2n) is 13.2. The van der Waals surface area contributed by atoms with Crippen LogP contribution in [-0.2, 0) is 9.05 Å². The lowest BCUT2D eigenvalue weighted by Crippen LogP contribution is -2.66. The van der Waals surface area contributed by atoms with Gasteiger partial charge in [-0.05, 0) is 81.1 Å². The van der Waals surface area contributed by atoms with Crippen LogP contribution in [0.4, 0.5) is 0 Å². The third-order valence-electron chi connectivity index (χ3n) is 6.41. The molecule has 2 N–H and O–H groups in total. The van der Waals surface area contributed by atoms with Crippen LogP contribution < -0.4 is 10.6 Å². The minimum Gasteiger partial charge on any atom is -0.321 e. The highest BCUT2D eigenvalue weighted by Crippen LogP contribution is 2.55. The van der Waals surface area contributed by atoms with Crippen LogP contribution in [0.2, 0.25) is 0 Å². The summed E-state index contributed by atoms with van der Waals surface area (Å²) in [5.41, 5.74) is 0.518. The van der Waals surface area contributed by atoms with E-state index in [1.807, 2.05) is 0 Å². The van der Waals surface area contributed by atoms with Gasteiger partial charge in [0.15, 0.2) is 0 Å². The molecular weight excluding hydrogens is 381 g/mol. The summed E-state index contributed by atoms with van der Waals surface area (Å²) in [6, 6.07) is 0.923. The smallest absolute Gasteiger partial charge is 0.259 e. The van der Waals surface area contributed by atoms with Gasteiger partial charge in [-0.3, -0.25) is 0 Å². The maximum absolute atomic E-state index is 6.46. The van der Waals surface area contributed by atoms with Gasteiger partial charge in [-0.15, -0.1) is 0 Å². The fourth-order valence-electron chi connectivity index (χ4n) is 6.15. The zero-order chi connectivity index (χ0) is 21.9. The molecule has 0 unspecified atom stereocenters. The lowest BCUT2D eigenvalue weighted by molar-refractivity contribution is -0.000253. The molecule has 0 aromatic heterocycles. The molecule has 0 atom stereocenters. The number of nitrogens with zero attached hydrogens (tertiary/aromatic N) is 1. The molecule has 170 valence electrons. The second kappa shape index (κ2) is 7.67. The largest absolute Gasteiger partial charge is 0.321 e. The first-order chi connectivity index (χ1) is 13.0. The molecular formula is C23H46N3O2P. The molecule has 0 aromatic rings. The lowest BCUT2D eigenvalue weighted by Gasteiger charge is -2.56. The molecule has 29 heavy (non-hydrogen) atoms.